The van der Waals surface area contributed by atoms with Gasteiger partial charge in [0.15, 0.2) is 0 Å². The molecule has 1 atom stereocenters. The zero-order valence-corrected chi connectivity index (χ0v) is 15.4. The molecule has 1 aliphatic heterocycles. The molecule has 1 N–H and O–H groups in total. The van der Waals surface area contributed by atoms with Crippen LogP contribution in [-0.2, 0) is 19.1 Å². The fraction of sp³-hybridized carbons (Fsp3) is 0.190. The number of halogens is 1. The molecule has 0 saturated carbocycles. The van der Waals surface area contributed by atoms with Crippen molar-refractivity contribution in [3.8, 4) is 0 Å². The molecule has 0 aliphatic carbocycles. The molecule has 6 nitrogen and oxygen atoms in total. The van der Waals surface area contributed by atoms with E-state index in [0.29, 0.717) is 11.4 Å². The zero-order valence-electron chi connectivity index (χ0n) is 15.4. The lowest BCUT2D eigenvalue weighted by molar-refractivity contribution is -0.138. The summed E-state index contributed by atoms with van der Waals surface area (Å²) >= 11 is 0. The van der Waals surface area contributed by atoms with E-state index in [1.165, 1.54) is 36.3 Å². The van der Waals surface area contributed by atoms with Gasteiger partial charge in [0.2, 0.25) is 11.8 Å². The Morgan fingerprint density at radius 2 is 1.75 bits per heavy atom. The van der Waals surface area contributed by atoms with Crippen molar-refractivity contribution in [3.63, 3.8) is 0 Å². The lowest BCUT2D eigenvalue weighted by Crippen LogP contribution is -2.43. The van der Waals surface area contributed by atoms with Gasteiger partial charge in [-0.1, -0.05) is 18.2 Å². The number of benzene rings is 2. The number of carbonyl (C=O) groups is 3. The molecule has 7 heteroatoms. The topological polar surface area (TPSA) is 75.7 Å². The van der Waals surface area contributed by atoms with Crippen LogP contribution >= 0.6 is 0 Å². The number of ether oxygens (including phenoxy) is 1. The molecule has 0 aromatic heterocycles. The van der Waals surface area contributed by atoms with E-state index in [0.717, 1.165) is 0 Å². The predicted octanol–water partition coefficient (Wildman–Crippen LogP) is 3.26. The van der Waals surface area contributed by atoms with E-state index in [1.807, 2.05) is 6.07 Å². The summed E-state index contributed by atoms with van der Waals surface area (Å²) < 4.78 is 18.1. The molecule has 0 spiro atoms. The Kier molecular flexibility index (Phi) is 5.54. The van der Waals surface area contributed by atoms with E-state index in [1.54, 1.807) is 31.2 Å². The fourth-order valence-corrected chi connectivity index (χ4v) is 3.23. The summed E-state index contributed by atoms with van der Waals surface area (Å²) in [5, 5.41) is 2.72. The number of rotatable bonds is 4. The summed E-state index contributed by atoms with van der Waals surface area (Å²) in [6, 6.07) is 14.1. The molecule has 2 aromatic carbocycles. The van der Waals surface area contributed by atoms with Crippen LogP contribution in [0.5, 0.6) is 0 Å². The Morgan fingerprint density at radius 1 is 1.11 bits per heavy atom. The summed E-state index contributed by atoms with van der Waals surface area (Å²) in [6.07, 6.45) is -0.210. The number of carbonyl (C=O) groups excluding carboxylic acids is 3. The molecule has 0 unspecified atom stereocenters. The summed E-state index contributed by atoms with van der Waals surface area (Å²) in [4.78, 5) is 39.3. The zero-order chi connectivity index (χ0) is 20.3. The van der Waals surface area contributed by atoms with Crippen LogP contribution in [0.1, 0.15) is 13.3 Å². The highest BCUT2D eigenvalue weighted by molar-refractivity contribution is 6.10. The maximum atomic E-state index is 13.2. The molecule has 1 heterocycles. The van der Waals surface area contributed by atoms with Crippen molar-refractivity contribution in [2.75, 3.05) is 17.3 Å². The standard InChI is InChI=1S/C21H19FN2O4/c1-13-19(21(27)28-2)17(20(26)23-15-6-4-3-5-7-15)12-18(25)24(13)16-10-8-14(22)9-11-16/h3-11,17H,12H2,1-2H3,(H,23,26)/t17-/m0/s1. The number of amides is 2. The third-order valence-electron chi connectivity index (χ3n) is 4.55. The van der Waals surface area contributed by atoms with Crippen molar-refractivity contribution in [1.29, 1.82) is 0 Å². The maximum absolute atomic E-state index is 13.2. The highest BCUT2D eigenvalue weighted by Crippen LogP contribution is 2.34. The molecule has 0 bridgehead atoms. The lowest BCUT2D eigenvalue weighted by atomic mass is 9.88. The van der Waals surface area contributed by atoms with Crippen LogP contribution in [0.25, 0.3) is 0 Å². The van der Waals surface area contributed by atoms with Gasteiger partial charge in [-0.25, -0.2) is 9.18 Å². The lowest BCUT2D eigenvalue weighted by Gasteiger charge is -2.33. The average Bonchev–Trinajstić information content (AvgIpc) is 2.69. The Hall–Kier alpha value is -3.48. The summed E-state index contributed by atoms with van der Waals surface area (Å²) in [5.41, 5.74) is 1.35. The monoisotopic (exact) mass is 382 g/mol. The minimum Gasteiger partial charge on any atom is -0.466 e. The molecule has 2 aromatic rings. The van der Waals surface area contributed by atoms with Crippen molar-refractivity contribution >= 4 is 29.2 Å². The largest absolute Gasteiger partial charge is 0.466 e. The van der Waals surface area contributed by atoms with E-state index in [-0.39, 0.29) is 23.6 Å². The molecule has 144 valence electrons. The quantitative estimate of drug-likeness (QED) is 0.824. The van der Waals surface area contributed by atoms with Gasteiger partial charge in [0.1, 0.15) is 5.82 Å². The van der Waals surface area contributed by atoms with Gasteiger partial charge in [0.25, 0.3) is 0 Å². The van der Waals surface area contributed by atoms with Crippen LogP contribution < -0.4 is 10.2 Å². The van der Waals surface area contributed by atoms with E-state index in [4.69, 9.17) is 4.74 Å². The van der Waals surface area contributed by atoms with Gasteiger partial charge in [-0.3, -0.25) is 14.5 Å². The Morgan fingerprint density at radius 3 is 2.36 bits per heavy atom. The molecule has 0 saturated heterocycles. The van der Waals surface area contributed by atoms with Crippen LogP contribution in [-0.4, -0.2) is 24.9 Å². The first-order valence-electron chi connectivity index (χ1n) is 8.66. The van der Waals surface area contributed by atoms with Crippen LogP contribution in [0.3, 0.4) is 0 Å². The van der Waals surface area contributed by atoms with E-state index in [2.05, 4.69) is 5.32 Å². The highest BCUT2D eigenvalue weighted by Gasteiger charge is 2.40. The Balaban J connectivity index is 2.00. The van der Waals surface area contributed by atoms with Crippen LogP contribution in [0.15, 0.2) is 65.9 Å². The number of esters is 1. The summed E-state index contributed by atoms with van der Waals surface area (Å²) in [6.45, 7) is 1.56. The third kappa shape index (κ3) is 3.78. The number of anilines is 2. The number of para-hydroxylation sites is 1. The maximum Gasteiger partial charge on any atom is 0.336 e. The highest BCUT2D eigenvalue weighted by atomic mass is 19.1. The van der Waals surface area contributed by atoms with Gasteiger partial charge in [0, 0.05) is 23.5 Å². The number of hydrogen-bond acceptors (Lipinski definition) is 4. The first-order chi connectivity index (χ1) is 13.4. The minimum absolute atomic E-state index is 0.0971. The Bertz CT molecular complexity index is 939. The van der Waals surface area contributed by atoms with Gasteiger partial charge in [-0.05, 0) is 43.3 Å². The number of nitrogens with one attached hydrogen (secondary N) is 1. The number of methoxy groups -OCH3 is 1. The van der Waals surface area contributed by atoms with Gasteiger partial charge < -0.3 is 10.1 Å². The molecular weight excluding hydrogens is 363 g/mol. The van der Waals surface area contributed by atoms with E-state index < -0.39 is 23.6 Å². The fourth-order valence-electron chi connectivity index (χ4n) is 3.23. The third-order valence-corrected chi connectivity index (χ3v) is 4.55. The first-order valence-corrected chi connectivity index (χ1v) is 8.66. The van der Waals surface area contributed by atoms with Crippen molar-refractivity contribution in [3.05, 3.63) is 71.7 Å². The average molecular weight is 382 g/mol. The second-order valence-electron chi connectivity index (χ2n) is 6.31. The van der Waals surface area contributed by atoms with Crippen molar-refractivity contribution in [2.45, 2.75) is 13.3 Å². The predicted molar refractivity (Wildman–Crippen MR) is 102 cm³/mol. The van der Waals surface area contributed by atoms with E-state index >= 15 is 0 Å². The second-order valence-corrected chi connectivity index (χ2v) is 6.31. The number of hydrogen-bond donors (Lipinski definition) is 1. The van der Waals surface area contributed by atoms with Crippen molar-refractivity contribution < 1.29 is 23.5 Å². The molecule has 1 aliphatic rings. The number of allylic oxidation sites excluding steroid dienone is 1. The van der Waals surface area contributed by atoms with Crippen LogP contribution in [0, 0.1) is 11.7 Å². The molecule has 2 amide bonds. The van der Waals surface area contributed by atoms with E-state index in [9.17, 15) is 18.8 Å². The molecule has 0 radical (unpaired) electrons. The second kappa shape index (κ2) is 8.04. The van der Waals surface area contributed by atoms with Crippen LogP contribution in [0.4, 0.5) is 15.8 Å². The molecule has 0 fully saturated rings. The normalized spacial score (nSPS) is 16.8. The van der Waals surface area contributed by atoms with Crippen molar-refractivity contribution in [2.24, 2.45) is 5.92 Å². The smallest absolute Gasteiger partial charge is 0.336 e. The first kappa shape index (κ1) is 19.3. The van der Waals surface area contributed by atoms with Gasteiger partial charge in [0.05, 0.1) is 18.6 Å². The SMILES string of the molecule is COC(=O)C1=C(C)N(c2ccc(F)cc2)C(=O)C[C@@H]1C(=O)Nc1ccccc1. The van der Waals surface area contributed by atoms with Gasteiger partial charge in [-0.2, -0.15) is 0 Å². The minimum atomic E-state index is -0.989. The van der Waals surface area contributed by atoms with Crippen LogP contribution in [0.2, 0.25) is 0 Å². The molecule has 28 heavy (non-hydrogen) atoms. The van der Waals surface area contributed by atoms with Gasteiger partial charge in [-0.15, -0.1) is 0 Å². The summed E-state index contributed by atoms with van der Waals surface area (Å²) in [5.74, 6) is -2.96. The molecular formula is C21H19FN2O4. The number of nitrogens with zero attached hydrogens (tertiary/aromatic N) is 1. The Labute approximate surface area is 161 Å². The summed E-state index contributed by atoms with van der Waals surface area (Å²) in [7, 11) is 1.22. The van der Waals surface area contributed by atoms with Gasteiger partial charge >= 0.3 is 5.97 Å². The van der Waals surface area contributed by atoms with Crippen molar-refractivity contribution in [1.82, 2.24) is 0 Å². The molecule has 3 rings (SSSR count).